The second-order valence-electron chi connectivity index (χ2n) is 5.78. The van der Waals surface area contributed by atoms with Crippen LogP contribution in [-0.2, 0) is 6.42 Å². The second kappa shape index (κ2) is 5.88. The molecule has 0 saturated heterocycles. The van der Waals surface area contributed by atoms with E-state index in [1.165, 1.54) is 16.7 Å². The normalized spacial score (nSPS) is 11.1. The number of nitrogens with one attached hydrogen (secondary N) is 1. The Morgan fingerprint density at radius 3 is 2.40 bits per heavy atom. The zero-order valence-electron chi connectivity index (χ0n) is 12.9. The minimum Gasteiger partial charge on any atom is -0.347 e. The summed E-state index contributed by atoms with van der Waals surface area (Å²) in [6, 6.07) is 6.54. The zero-order valence-corrected chi connectivity index (χ0v) is 13.7. The molecule has 0 aliphatic heterocycles. The fourth-order valence-corrected chi connectivity index (χ4v) is 3.02. The molecule has 0 bridgehead atoms. The lowest BCUT2D eigenvalue weighted by atomic mass is 10.0. The van der Waals surface area contributed by atoms with Gasteiger partial charge in [-0.15, -0.1) is 0 Å². The van der Waals surface area contributed by atoms with Gasteiger partial charge in [-0.25, -0.2) is 4.98 Å². The lowest BCUT2D eigenvalue weighted by molar-refractivity contribution is 0.803. The average molecular weight is 286 g/mol. The van der Waals surface area contributed by atoms with Crippen LogP contribution in [0.4, 0.5) is 0 Å². The molecule has 0 spiro atoms. The molecule has 0 atom stereocenters. The number of aromatic amines is 1. The van der Waals surface area contributed by atoms with E-state index in [0.29, 0.717) is 5.92 Å². The summed E-state index contributed by atoms with van der Waals surface area (Å²) < 4.78 is 0.732. The van der Waals surface area contributed by atoms with Gasteiger partial charge in [-0.2, -0.15) is 0 Å². The van der Waals surface area contributed by atoms with Crippen LogP contribution < -0.4 is 0 Å². The van der Waals surface area contributed by atoms with Crippen LogP contribution >= 0.6 is 12.2 Å². The zero-order chi connectivity index (χ0) is 14.9. The van der Waals surface area contributed by atoms with Crippen LogP contribution in [0.2, 0.25) is 0 Å². The molecular weight excluding hydrogens is 264 g/mol. The van der Waals surface area contributed by atoms with Crippen LogP contribution in [0.3, 0.4) is 0 Å². The molecule has 1 N–H and O–H groups in total. The molecule has 0 unspecified atom stereocenters. The third-order valence-electron chi connectivity index (χ3n) is 3.72. The van der Waals surface area contributed by atoms with Gasteiger partial charge in [0.15, 0.2) is 0 Å². The third kappa shape index (κ3) is 3.15. The van der Waals surface area contributed by atoms with Crippen molar-refractivity contribution in [3.63, 3.8) is 0 Å². The molecule has 2 rings (SSSR count). The smallest absolute Gasteiger partial charge is 0.133 e. The van der Waals surface area contributed by atoms with Gasteiger partial charge in [0, 0.05) is 17.7 Å². The summed E-state index contributed by atoms with van der Waals surface area (Å²) in [5.74, 6) is 1.35. The van der Waals surface area contributed by atoms with E-state index >= 15 is 0 Å². The van der Waals surface area contributed by atoms with Gasteiger partial charge >= 0.3 is 0 Å². The first-order valence-electron chi connectivity index (χ1n) is 7.04. The Kier molecular flexibility index (Phi) is 4.39. The highest BCUT2D eigenvalue weighted by Crippen LogP contribution is 2.19. The average Bonchev–Trinajstić information content (AvgIpc) is 2.32. The summed E-state index contributed by atoms with van der Waals surface area (Å²) in [4.78, 5) is 7.96. The first-order chi connectivity index (χ1) is 9.38. The van der Waals surface area contributed by atoms with Crippen molar-refractivity contribution in [2.75, 3.05) is 0 Å². The van der Waals surface area contributed by atoms with E-state index < -0.39 is 0 Å². The van der Waals surface area contributed by atoms with Crippen LogP contribution in [0.1, 0.15) is 53.5 Å². The Morgan fingerprint density at radius 2 is 1.85 bits per heavy atom. The fraction of sp³-hybridized carbons (Fsp3) is 0.412. The van der Waals surface area contributed by atoms with Crippen molar-refractivity contribution >= 4 is 12.2 Å². The summed E-state index contributed by atoms with van der Waals surface area (Å²) in [7, 11) is 0. The van der Waals surface area contributed by atoms with Gasteiger partial charge in [0.05, 0.1) is 0 Å². The van der Waals surface area contributed by atoms with E-state index in [1.807, 2.05) is 0 Å². The summed E-state index contributed by atoms with van der Waals surface area (Å²) in [6.07, 6.45) is 0.796. The predicted octanol–water partition coefficient (Wildman–Crippen LogP) is 4.78. The molecule has 1 heterocycles. The molecule has 0 aliphatic carbocycles. The Morgan fingerprint density at radius 1 is 1.15 bits per heavy atom. The van der Waals surface area contributed by atoms with E-state index in [0.717, 1.165) is 28.1 Å². The molecule has 2 aromatic rings. The molecule has 2 nitrogen and oxygen atoms in total. The maximum atomic E-state index is 5.43. The molecule has 0 aliphatic rings. The minimum absolute atomic E-state index is 0.405. The molecular formula is C17H22N2S. The summed E-state index contributed by atoms with van der Waals surface area (Å²) >= 11 is 5.43. The fourth-order valence-electron chi connectivity index (χ4n) is 2.53. The van der Waals surface area contributed by atoms with Crippen LogP contribution in [0.5, 0.6) is 0 Å². The number of hydrogen-bond donors (Lipinski definition) is 1. The summed E-state index contributed by atoms with van der Waals surface area (Å²) in [5.41, 5.74) is 6.20. The van der Waals surface area contributed by atoms with Crippen molar-refractivity contribution in [3.8, 4) is 0 Å². The van der Waals surface area contributed by atoms with Gasteiger partial charge in [0.1, 0.15) is 10.5 Å². The number of nitrogens with zero attached hydrogens (tertiary/aromatic N) is 1. The SMILES string of the molecule is Cc1ccc(Cc2nc(=S)c(C(C)C)c(C)[nH]2)cc1C. The van der Waals surface area contributed by atoms with Gasteiger partial charge in [-0.05, 0) is 43.4 Å². The molecule has 0 fully saturated rings. The minimum atomic E-state index is 0.405. The largest absolute Gasteiger partial charge is 0.347 e. The van der Waals surface area contributed by atoms with E-state index in [1.54, 1.807) is 0 Å². The highest BCUT2D eigenvalue weighted by atomic mass is 32.1. The lowest BCUT2D eigenvalue weighted by Gasteiger charge is -2.12. The lowest BCUT2D eigenvalue weighted by Crippen LogP contribution is -2.05. The van der Waals surface area contributed by atoms with Crippen molar-refractivity contribution in [2.24, 2.45) is 0 Å². The first-order valence-corrected chi connectivity index (χ1v) is 7.45. The number of rotatable bonds is 3. The molecule has 0 radical (unpaired) electrons. The Labute approximate surface area is 126 Å². The molecule has 1 aromatic heterocycles. The topological polar surface area (TPSA) is 28.7 Å². The van der Waals surface area contributed by atoms with Gasteiger partial charge in [-0.3, -0.25) is 0 Å². The number of aromatic nitrogens is 2. The molecule has 3 heteroatoms. The number of aryl methyl sites for hydroxylation is 3. The number of benzene rings is 1. The number of H-pyrrole nitrogens is 1. The first kappa shape index (κ1) is 14.9. The third-order valence-corrected chi connectivity index (χ3v) is 4.03. The van der Waals surface area contributed by atoms with Crippen LogP contribution in [-0.4, -0.2) is 9.97 Å². The number of hydrogen-bond acceptors (Lipinski definition) is 2. The second-order valence-corrected chi connectivity index (χ2v) is 6.16. The van der Waals surface area contributed by atoms with Crippen molar-refractivity contribution in [1.82, 2.24) is 9.97 Å². The quantitative estimate of drug-likeness (QED) is 0.823. The Bertz CT molecular complexity index is 684. The van der Waals surface area contributed by atoms with Gasteiger partial charge < -0.3 is 4.98 Å². The van der Waals surface area contributed by atoms with E-state index in [-0.39, 0.29) is 0 Å². The van der Waals surface area contributed by atoms with Gasteiger partial charge in [0.2, 0.25) is 0 Å². The van der Waals surface area contributed by atoms with Crippen LogP contribution in [0.25, 0.3) is 0 Å². The van der Waals surface area contributed by atoms with Gasteiger partial charge in [0.25, 0.3) is 0 Å². The maximum Gasteiger partial charge on any atom is 0.133 e. The standard InChI is InChI=1S/C17H22N2S/c1-10(2)16-13(5)18-15(19-17(16)20)9-14-7-6-11(3)12(4)8-14/h6-8,10H,9H2,1-5H3,(H,18,19,20). The van der Waals surface area contributed by atoms with Crippen molar-refractivity contribution in [2.45, 2.75) is 47.0 Å². The van der Waals surface area contributed by atoms with Crippen molar-refractivity contribution < 1.29 is 0 Å². The van der Waals surface area contributed by atoms with Crippen molar-refractivity contribution in [1.29, 1.82) is 0 Å². The Balaban J connectivity index is 2.35. The highest BCUT2D eigenvalue weighted by molar-refractivity contribution is 7.71. The molecule has 1 aromatic carbocycles. The predicted molar refractivity (Wildman–Crippen MR) is 87.0 cm³/mol. The van der Waals surface area contributed by atoms with Crippen LogP contribution in [0.15, 0.2) is 18.2 Å². The highest BCUT2D eigenvalue weighted by Gasteiger charge is 2.09. The monoisotopic (exact) mass is 286 g/mol. The van der Waals surface area contributed by atoms with Gasteiger partial charge in [-0.1, -0.05) is 44.3 Å². The molecule has 106 valence electrons. The molecule has 0 amide bonds. The summed E-state index contributed by atoms with van der Waals surface area (Å²) in [6.45, 7) is 10.7. The van der Waals surface area contributed by atoms with E-state index in [4.69, 9.17) is 12.2 Å². The van der Waals surface area contributed by atoms with Crippen LogP contribution in [0, 0.1) is 25.4 Å². The van der Waals surface area contributed by atoms with E-state index in [9.17, 15) is 0 Å². The molecule has 20 heavy (non-hydrogen) atoms. The Hall–Kier alpha value is -1.48. The van der Waals surface area contributed by atoms with E-state index in [2.05, 4.69) is 62.8 Å². The van der Waals surface area contributed by atoms with Crippen molar-refractivity contribution in [3.05, 3.63) is 56.6 Å². The summed E-state index contributed by atoms with van der Waals surface area (Å²) in [5, 5.41) is 0. The maximum absolute atomic E-state index is 5.43. The molecule has 0 saturated carbocycles.